The minimum absolute atomic E-state index is 0. The first-order valence-electron chi connectivity index (χ1n) is 19.2. The van der Waals surface area contributed by atoms with Crippen molar-refractivity contribution in [1.29, 1.82) is 0 Å². The largest absolute Gasteiger partial charge is 0.478 e. The fraction of sp³-hybridized carbons (Fsp3) is 0.208. The van der Waals surface area contributed by atoms with Crippen LogP contribution in [0.1, 0.15) is 64.5 Å². The van der Waals surface area contributed by atoms with Gasteiger partial charge in [-0.25, -0.2) is 9.59 Å². The van der Waals surface area contributed by atoms with Crippen molar-refractivity contribution < 1.29 is 55.2 Å². The maximum absolute atomic E-state index is 13.2. The lowest BCUT2D eigenvalue weighted by molar-refractivity contribution is -0.155. The number of carbonyl (C=O) groups excluding carboxylic acids is 1. The smallest absolute Gasteiger partial charge is 0.416 e. The van der Waals surface area contributed by atoms with E-state index in [2.05, 4.69) is 20.4 Å². The van der Waals surface area contributed by atoms with Crippen LogP contribution >= 0.6 is 23.2 Å². The first-order valence-corrected chi connectivity index (χ1v) is 19.9. The molecule has 8 rings (SSSR count). The fourth-order valence-electron chi connectivity index (χ4n) is 6.33. The average molecular weight is 986 g/mol. The third kappa shape index (κ3) is 11.8. The number of rotatable bonds is 11. The highest BCUT2D eigenvalue weighted by molar-refractivity contribution is 6.31. The number of hydrogen-bond donors (Lipinski definition) is 1. The van der Waals surface area contributed by atoms with Gasteiger partial charge in [0.25, 0.3) is 0 Å². The molecule has 0 bridgehead atoms. The number of esters is 1. The topological polar surface area (TPSA) is 143 Å². The molecule has 0 amide bonds. The van der Waals surface area contributed by atoms with Crippen molar-refractivity contribution in [1.82, 2.24) is 30.0 Å². The minimum atomic E-state index is -4.64. The second kappa shape index (κ2) is 21.6. The summed E-state index contributed by atoms with van der Waals surface area (Å²) in [6.07, 6.45) is -10.7. The Hall–Kier alpha value is -7.18. The molecule has 2 heterocycles. The Kier molecular flexibility index (Phi) is 17.0. The standard InChI is InChI=1S/C23H17ClF3N3O3.C22H15ClF3N3O3.3CH4/c1-2-32-22(31)21(14-6-5-7-15(12-14)23(25,26)27)33-20-11-10-16(24)13-19(20)30-28-17-8-3-4-9-18(17)29-30;1-21(20(30)31,13-5-4-6-14(11-13)22(24,25)26)32-19-10-9-15(23)12-18(19)29-27-16-7-2-3-8-17(16)28-29;;;/h3-13,21H,2H2,1H3;2-12H,1H3,(H,30,31);3*1H4. The first kappa shape index (κ1) is 53.4. The zero-order valence-corrected chi connectivity index (χ0v) is 35.2. The Morgan fingerprint density at radius 2 is 1.03 bits per heavy atom. The fourth-order valence-corrected chi connectivity index (χ4v) is 6.66. The van der Waals surface area contributed by atoms with E-state index in [0.29, 0.717) is 37.8 Å². The summed E-state index contributed by atoms with van der Waals surface area (Å²) < 4.78 is 96.1. The summed E-state index contributed by atoms with van der Waals surface area (Å²) in [6.45, 7) is 2.79. The number of benzene rings is 6. The molecule has 0 saturated carbocycles. The third-order valence-electron chi connectivity index (χ3n) is 9.57. The van der Waals surface area contributed by atoms with Gasteiger partial charge in [-0.05, 0) is 98.8 Å². The summed E-state index contributed by atoms with van der Waals surface area (Å²) in [5, 5.41) is 28.1. The van der Waals surface area contributed by atoms with Crippen LogP contribution in [0.25, 0.3) is 33.4 Å². The van der Waals surface area contributed by atoms with Crippen LogP contribution in [0.4, 0.5) is 26.3 Å². The highest BCUT2D eigenvalue weighted by Gasteiger charge is 2.41. The maximum atomic E-state index is 13.2. The molecule has 0 spiro atoms. The highest BCUT2D eigenvalue weighted by atomic mass is 35.5. The maximum Gasteiger partial charge on any atom is 0.416 e. The predicted molar refractivity (Wildman–Crippen MR) is 246 cm³/mol. The van der Waals surface area contributed by atoms with E-state index in [1.807, 2.05) is 0 Å². The molecule has 2 atom stereocenters. The molecule has 8 aromatic rings. The zero-order valence-electron chi connectivity index (χ0n) is 33.7. The number of hydrogen-bond acceptors (Lipinski definition) is 9. The molecule has 6 aromatic carbocycles. The number of fused-ring (bicyclic) bond motifs is 2. The molecule has 12 nitrogen and oxygen atoms in total. The van der Waals surface area contributed by atoms with E-state index in [-0.39, 0.29) is 57.2 Å². The van der Waals surface area contributed by atoms with Crippen LogP contribution in [0.3, 0.4) is 0 Å². The van der Waals surface area contributed by atoms with Crippen LogP contribution in [-0.4, -0.2) is 53.6 Å². The molecular formula is C48H44Cl2F6N6O6. The Balaban J connectivity index is 0.000000284. The normalized spacial score (nSPS) is 12.5. The number of carboxylic acids is 1. The van der Waals surface area contributed by atoms with Gasteiger partial charge in [-0.1, -0.05) is 94.0 Å². The van der Waals surface area contributed by atoms with E-state index in [9.17, 15) is 41.0 Å². The summed E-state index contributed by atoms with van der Waals surface area (Å²) in [4.78, 5) is 27.4. The van der Waals surface area contributed by atoms with Gasteiger partial charge in [0.1, 0.15) is 44.9 Å². The van der Waals surface area contributed by atoms with E-state index in [1.54, 1.807) is 55.5 Å². The first-order chi connectivity index (χ1) is 30.8. The van der Waals surface area contributed by atoms with E-state index in [4.69, 9.17) is 37.4 Å². The van der Waals surface area contributed by atoms with Gasteiger partial charge in [-0.3, -0.25) is 0 Å². The molecule has 68 heavy (non-hydrogen) atoms. The molecule has 2 aromatic heterocycles. The van der Waals surface area contributed by atoms with Gasteiger partial charge < -0.3 is 19.3 Å². The van der Waals surface area contributed by atoms with E-state index in [1.165, 1.54) is 71.1 Å². The van der Waals surface area contributed by atoms with Gasteiger partial charge in [0, 0.05) is 21.2 Å². The van der Waals surface area contributed by atoms with Gasteiger partial charge >= 0.3 is 24.3 Å². The second-order valence-electron chi connectivity index (χ2n) is 14.1. The lowest BCUT2D eigenvalue weighted by Gasteiger charge is -2.28. The average Bonchev–Trinajstić information content (AvgIpc) is 3.91. The van der Waals surface area contributed by atoms with E-state index >= 15 is 0 Å². The molecule has 0 fully saturated rings. The second-order valence-corrected chi connectivity index (χ2v) is 14.9. The van der Waals surface area contributed by atoms with Crippen LogP contribution < -0.4 is 9.47 Å². The lowest BCUT2D eigenvalue weighted by Crippen LogP contribution is -2.39. The summed E-state index contributed by atoms with van der Waals surface area (Å²) in [5.41, 5.74) is -1.30. The Bertz CT molecular complexity index is 2970. The van der Waals surface area contributed by atoms with Crippen molar-refractivity contribution in [2.24, 2.45) is 0 Å². The van der Waals surface area contributed by atoms with Gasteiger partial charge in [0.05, 0.1) is 17.7 Å². The van der Waals surface area contributed by atoms with Gasteiger partial charge in [0.2, 0.25) is 11.7 Å². The number of nitrogens with zero attached hydrogens (tertiary/aromatic N) is 6. The number of carboxylic acid groups (broad SMARTS) is 1. The molecular weight excluding hydrogens is 941 g/mol. The van der Waals surface area contributed by atoms with Crippen molar-refractivity contribution in [2.75, 3.05) is 6.61 Å². The number of alkyl halides is 6. The quantitative estimate of drug-likeness (QED) is 0.0982. The highest BCUT2D eigenvalue weighted by Crippen LogP contribution is 2.38. The molecule has 358 valence electrons. The number of carbonyl (C=O) groups is 2. The van der Waals surface area contributed by atoms with Crippen molar-refractivity contribution in [3.05, 3.63) is 166 Å². The minimum Gasteiger partial charge on any atom is -0.478 e. The van der Waals surface area contributed by atoms with Crippen molar-refractivity contribution in [2.45, 2.75) is 60.2 Å². The van der Waals surface area contributed by atoms with Crippen LogP contribution in [0.15, 0.2) is 133 Å². The lowest BCUT2D eigenvalue weighted by atomic mass is 9.94. The van der Waals surface area contributed by atoms with E-state index in [0.717, 1.165) is 30.3 Å². The summed E-state index contributed by atoms with van der Waals surface area (Å²) in [5.74, 6) is -2.15. The Labute approximate surface area is 396 Å². The molecule has 20 heteroatoms. The Morgan fingerprint density at radius 1 is 0.603 bits per heavy atom. The molecule has 1 N–H and O–H groups in total. The van der Waals surface area contributed by atoms with Crippen LogP contribution in [0.2, 0.25) is 10.0 Å². The number of aromatic nitrogens is 6. The summed E-state index contributed by atoms with van der Waals surface area (Å²) in [7, 11) is 0. The zero-order chi connectivity index (χ0) is 46.7. The van der Waals surface area contributed by atoms with Gasteiger partial charge in [0.15, 0.2) is 0 Å². The number of aliphatic carboxylic acids is 1. The third-order valence-corrected chi connectivity index (χ3v) is 10.0. The van der Waals surface area contributed by atoms with Crippen molar-refractivity contribution in [3.8, 4) is 22.9 Å². The van der Waals surface area contributed by atoms with Crippen LogP contribution in [0.5, 0.6) is 11.5 Å². The molecule has 0 aliphatic carbocycles. The monoisotopic (exact) mass is 984 g/mol. The van der Waals surface area contributed by atoms with Gasteiger partial charge in [-0.2, -0.15) is 26.3 Å². The van der Waals surface area contributed by atoms with Crippen LogP contribution in [0, 0.1) is 0 Å². The van der Waals surface area contributed by atoms with E-state index < -0.39 is 47.1 Å². The number of ether oxygens (including phenoxy) is 3. The molecule has 0 saturated heterocycles. The summed E-state index contributed by atoms with van der Waals surface area (Å²) >= 11 is 12.3. The SMILES string of the molecule is C.C.C.CC(Oc1ccc(Cl)cc1-n1nc2ccccc2n1)(C(=O)O)c1cccc(C(F)(F)F)c1.CCOC(=O)C(Oc1ccc(Cl)cc1-n1nc2ccccc2n1)c1cccc(C(F)(F)F)c1. The molecule has 2 unspecified atom stereocenters. The summed E-state index contributed by atoms with van der Waals surface area (Å²) in [6, 6.07) is 31.5. The molecule has 0 aliphatic heterocycles. The molecule has 0 aliphatic rings. The van der Waals surface area contributed by atoms with Crippen molar-refractivity contribution in [3.63, 3.8) is 0 Å². The Morgan fingerprint density at radius 3 is 1.49 bits per heavy atom. The predicted octanol–water partition coefficient (Wildman–Crippen LogP) is 13.2. The van der Waals surface area contributed by atoms with Crippen molar-refractivity contribution >= 4 is 57.2 Å². The van der Waals surface area contributed by atoms with Gasteiger partial charge in [-0.15, -0.1) is 30.0 Å². The number of halogens is 8. The van der Waals surface area contributed by atoms with Crippen LogP contribution in [-0.2, 0) is 32.3 Å². The molecule has 0 radical (unpaired) electrons.